The molecule has 2 aromatic rings. The van der Waals surface area contributed by atoms with E-state index < -0.39 is 15.8 Å². The maximum absolute atomic E-state index is 13.8. The third kappa shape index (κ3) is 6.93. The van der Waals surface area contributed by atoms with Gasteiger partial charge in [0.25, 0.3) is 0 Å². The SMILES string of the molecule is CN(C)C(c1cccc(F)c1)C1CCC(NC(=O)COC2CCN(S(=O)(=O)c3ccc(F)cc3)C2)CC1. The van der Waals surface area contributed by atoms with E-state index in [9.17, 15) is 22.0 Å². The molecular weight excluding hydrogens is 500 g/mol. The second-order valence-electron chi connectivity index (χ2n) is 10.2. The molecule has 0 radical (unpaired) electrons. The first kappa shape index (κ1) is 27.6. The summed E-state index contributed by atoms with van der Waals surface area (Å²) < 4.78 is 59.5. The average Bonchev–Trinajstić information content (AvgIpc) is 3.34. The summed E-state index contributed by atoms with van der Waals surface area (Å²) in [5, 5.41) is 3.05. The van der Waals surface area contributed by atoms with Crippen LogP contribution in [0.15, 0.2) is 53.4 Å². The maximum Gasteiger partial charge on any atom is 0.246 e. The summed E-state index contributed by atoms with van der Waals surface area (Å²) in [5.41, 5.74) is 0.970. The summed E-state index contributed by atoms with van der Waals surface area (Å²) in [4.78, 5) is 14.7. The fraction of sp³-hybridized carbons (Fsp3) is 0.519. The Kier molecular flexibility index (Phi) is 8.94. The molecule has 0 bridgehead atoms. The van der Waals surface area contributed by atoms with Gasteiger partial charge in [-0.2, -0.15) is 4.31 Å². The molecule has 1 saturated heterocycles. The van der Waals surface area contributed by atoms with E-state index in [1.807, 2.05) is 20.2 Å². The highest BCUT2D eigenvalue weighted by molar-refractivity contribution is 7.89. The van der Waals surface area contributed by atoms with Crippen molar-refractivity contribution in [2.24, 2.45) is 5.92 Å². The van der Waals surface area contributed by atoms with Crippen molar-refractivity contribution in [3.8, 4) is 0 Å². The summed E-state index contributed by atoms with van der Waals surface area (Å²) in [7, 11) is 0.291. The zero-order valence-electron chi connectivity index (χ0n) is 21.3. The van der Waals surface area contributed by atoms with Gasteiger partial charge in [-0.3, -0.25) is 4.79 Å². The molecule has 0 spiro atoms. The van der Waals surface area contributed by atoms with Crippen LogP contribution in [-0.4, -0.2) is 69.5 Å². The molecule has 1 amide bonds. The van der Waals surface area contributed by atoms with Gasteiger partial charge in [0, 0.05) is 25.2 Å². The van der Waals surface area contributed by atoms with E-state index in [0.29, 0.717) is 12.3 Å². The highest BCUT2D eigenvalue weighted by Gasteiger charge is 2.34. The van der Waals surface area contributed by atoms with Crippen LogP contribution in [0.3, 0.4) is 0 Å². The van der Waals surface area contributed by atoms with Crippen LogP contribution in [0.5, 0.6) is 0 Å². The van der Waals surface area contributed by atoms with Gasteiger partial charge in [-0.25, -0.2) is 17.2 Å². The third-order valence-corrected chi connectivity index (χ3v) is 9.22. The molecule has 2 aliphatic rings. The van der Waals surface area contributed by atoms with E-state index in [4.69, 9.17) is 4.74 Å². The van der Waals surface area contributed by atoms with Crippen LogP contribution >= 0.6 is 0 Å². The fourth-order valence-corrected chi connectivity index (χ4v) is 7.02. The Labute approximate surface area is 217 Å². The third-order valence-electron chi connectivity index (χ3n) is 7.34. The number of amides is 1. The molecule has 1 aliphatic carbocycles. The molecular formula is C27H35F2N3O4S. The fourth-order valence-electron chi connectivity index (χ4n) is 5.53. The first-order valence-corrected chi connectivity index (χ1v) is 14.2. The van der Waals surface area contributed by atoms with Crippen LogP contribution in [0, 0.1) is 17.6 Å². The molecule has 2 unspecified atom stereocenters. The summed E-state index contributed by atoms with van der Waals surface area (Å²) in [5.74, 6) is -0.569. The van der Waals surface area contributed by atoms with Crippen molar-refractivity contribution in [1.29, 1.82) is 0 Å². The molecule has 202 valence electrons. The minimum Gasteiger partial charge on any atom is -0.367 e. The van der Waals surface area contributed by atoms with Crippen molar-refractivity contribution in [2.75, 3.05) is 33.8 Å². The minimum atomic E-state index is -3.73. The second kappa shape index (κ2) is 12.0. The number of halogens is 2. The van der Waals surface area contributed by atoms with Gasteiger partial charge in [-0.15, -0.1) is 0 Å². The van der Waals surface area contributed by atoms with Crippen molar-refractivity contribution in [3.63, 3.8) is 0 Å². The number of hydrogen-bond acceptors (Lipinski definition) is 5. The summed E-state index contributed by atoms with van der Waals surface area (Å²) >= 11 is 0. The van der Waals surface area contributed by atoms with Crippen molar-refractivity contribution >= 4 is 15.9 Å². The average molecular weight is 536 g/mol. The van der Waals surface area contributed by atoms with Crippen LogP contribution in [0.25, 0.3) is 0 Å². The Balaban J connectivity index is 1.22. The zero-order valence-corrected chi connectivity index (χ0v) is 22.1. The van der Waals surface area contributed by atoms with Gasteiger partial charge in [0.2, 0.25) is 15.9 Å². The summed E-state index contributed by atoms with van der Waals surface area (Å²) in [6.07, 6.45) is 3.63. The molecule has 2 aromatic carbocycles. The van der Waals surface area contributed by atoms with Crippen LogP contribution in [0.4, 0.5) is 8.78 Å². The quantitative estimate of drug-likeness (QED) is 0.530. The number of carbonyl (C=O) groups is 1. The molecule has 2 atom stereocenters. The van der Waals surface area contributed by atoms with Crippen molar-refractivity contribution < 1.29 is 26.7 Å². The normalized spacial score (nSPS) is 23.8. The van der Waals surface area contributed by atoms with Gasteiger partial charge in [-0.1, -0.05) is 12.1 Å². The summed E-state index contributed by atoms with van der Waals surface area (Å²) in [6.45, 7) is 0.317. The molecule has 1 aliphatic heterocycles. The van der Waals surface area contributed by atoms with Crippen LogP contribution < -0.4 is 5.32 Å². The second-order valence-corrected chi connectivity index (χ2v) is 12.1. The molecule has 10 heteroatoms. The van der Waals surface area contributed by atoms with E-state index in [1.54, 1.807) is 12.1 Å². The number of carbonyl (C=O) groups excluding carboxylic acids is 1. The summed E-state index contributed by atoms with van der Waals surface area (Å²) in [6, 6.07) is 11.7. The molecule has 1 N–H and O–H groups in total. The maximum atomic E-state index is 13.8. The van der Waals surface area contributed by atoms with Gasteiger partial charge >= 0.3 is 0 Å². The molecule has 1 saturated carbocycles. The first-order chi connectivity index (χ1) is 17.6. The Bertz CT molecular complexity index is 1170. The number of sulfonamides is 1. The van der Waals surface area contributed by atoms with Crippen LogP contribution in [-0.2, 0) is 19.6 Å². The predicted octanol–water partition coefficient (Wildman–Crippen LogP) is 3.72. The smallest absolute Gasteiger partial charge is 0.246 e. The van der Waals surface area contributed by atoms with E-state index >= 15 is 0 Å². The molecule has 0 aromatic heterocycles. The molecule has 7 nitrogen and oxygen atoms in total. The predicted molar refractivity (Wildman–Crippen MR) is 136 cm³/mol. The largest absolute Gasteiger partial charge is 0.367 e. The molecule has 2 fully saturated rings. The van der Waals surface area contributed by atoms with Crippen LogP contribution in [0.1, 0.15) is 43.7 Å². The van der Waals surface area contributed by atoms with Gasteiger partial charge < -0.3 is 15.0 Å². The molecule has 4 rings (SSSR count). The number of benzene rings is 2. The number of hydrogen-bond donors (Lipinski definition) is 1. The lowest BCUT2D eigenvalue weighted by atomic mass is 9.78. The topological polar surface area (TPSA) is 79.0 Å². The van der Waals surface area contributed by atoms with Gasteiger partial charge in [-0.05, 0) is 94.1 Å². The number of ether oxygens (including phenoxy) is 1. The Morgan fingerprint density at radius 3 is 2.41 bits per heavy atom. The van der Waals surface area contributed by atoms with Crippen molar-refractivity contribution in [2.45, 2.75) is 55.2 Å². The zero-order chi connectivity index (χ0) is 26.6. The standard InChI is InChI=1S/C27H35F2N3O4S/c1-31(2)27(20-4-3-5-22(29)16-20)19-6-10-23(11-7-19)30-26(33)18-36-24-14-15-32(17-24)37(34,35)25-12-8-21(28)9-13-25/h3-5,8-9,12-13,16,19,23-24,27H,6-7,10-11,14-15,17-18H2,1-2H3,(H,30,33). The van der Waals surface area contributed by atoms with Crippen LogP contribution in [0.2, 0.25) is 0 Å². The van der Waals surface area contributed by atoms with E-state index in [1.165, 1.54) is 22.5 Å². The monoisotopic (exact) mass is 535 g/mol. The minimum absolute atomic E-state index is 0.0387. The lowest BCUT2D eigenvalue weighted by molar-refractivity contribution is -0.128. The molecule has 1 heterocycles. The van der Waals surface area contributed by atoms with E-state index in [-0.39, 0.29) is 54.5 Å². The van der Waals surface area contributed by atoms with Gasteiger partial charge in [0.1, 0.15) is 18.2 Å². The lowest BCUT2D eigenvalue weighted by Crippen LogP contribution is -2.42. The highest BCUT2D eigenvalue weighted by Crippen LogP contribution is 2.37. The Morgan fingerprint density at radius 1 is 1.05 bits per heavy atom. The van der Waals surface area contributed by atoms with E-state index in [2.05, 4.69) is 10.2 Å². The van der Waals surface area contributed by atoms with Gasteiger partial charge in [0.05, 0.1) is 11.0 Å². The van der Waals surface area contributed by atoms with E-state index in [0.717, 1.165) is 43.4 Å². The van der Waals surface area contributed by atoms with Gasteiger partial charge in [0.15, 0.2) is 0 Å². The Morgan fingerprint density at radius 2 is 1.76 bits per heavy atom. The lowest BCUT2D eigenvalue weighted by Gasteiger charge is -2.37. The number of nitrogens with zero attached hydrogens (tertiary/aromatic N) is 2. The highest BCUT2D eigenvalue weighted by atomic mass is 32.2. The van der Waals surface area contributed by atoms with Crippen molar-refractivity contribution in [3.05, 3.63) is 65.7 Å². The number of rotatable bonds is 9. The molecule has 37 heavy (non-hydrogen) atoms. The Hall–Kier alpha value is -2.40. The number of nitrogens with one attached hydrogen (secondary N) is 1. The first-order valence-electron chi connectivity index (χ1n) is 12.7. The van der Waals surface area contributed by atoms with Crippen molar-refractivity contribution in [1.82, 2.24) is 14.5 Å².